The van der Waals surface area contributed by atoms with Crippen LogP contribution in [0.25, 0.3) is 0 Å². The van der Waals surface area contributed by atoms with Crippen LogP contribution in [0.1, 0.15) is 6.42 Å². The minimum absolute atomic E-state index is 0.0573. The minimum atomic E-state index is -1.08. The Morgan fingerprint density at radius 1 is 1.08 bits per heavy atom. The van der Waals surface area contributed by atoms with Gasteiger partial charge in [-0.2, -0.15) is 0 Å². The van der Waals surface area contributed by atoms with Crippen molar-refractivity contribution in [2.75, 3.05) is 16.8 Å². The van der Waals surface area contributed by atoms with Gasteiger partial charge in [-0.3, -0.25) is 4.79 Å². The smallest absolute Gasteiger partial charge is 0.319 e. The summed E-state index contributed by atoms with van der Waals surface area (Å²) < 4.78 is 39.3. The number of rotatable bonds is 3. The Balaban J connectivity index is 1.61. The molecule has 0 bridgehead atoms. The lowest BCUT2D eigenvalue weighted by atomic mass is 10.2. The van der Waals surface area contributed by atoms with Gasteiger partial charge in [-0.15, -0.1) is 0 Å². The molecule has 2 N–H and O–H groups in total. The van der Waals surface area contributed by atoms with Crippen molar-refractivity contribution in [1.82, 2.24) is 5.32 Å². The van der Waals surface area contributed by atoms with Crippen molar-refractivity contribution < 1.29 is 22.8 Å². The summed E-state index contributed by atoms with van der Waals surface area (Å²) in [6.07, 6.45) is 0.0573. The Kier molecular flexibility index (Phi) is 4.60. The number of nitrogens with one attached hydrogen (secondary N) is 2. The Morgan fingerprint density at radius 3 is 2.60 bits per heavy atom. The van der Waals surface area contributed by atoms with E-state index in [-0.39, 0.29) is 24.6 Å². The first-order valence-corrected chi connectivity index (χ1v) is 7.51. The zero-order valence-corrected chi connectivity index (χ0v) is 12.9. The van der Waals surface area contributed by atoms with Crippen molar-refractivity contribution in [1.29, 1.82) is 0 Å². The third kappa shape index (κ3) is 3.90. The predicted molar refractivity (Wildman–Crippen MR) is 85.7 cm³/mol. The third-order valence-electron chi connectivity index (χ3n) is 3.76. The third-order valence-corrected chi connectivity index (χ3v) is 3.76. The van der Waals surface area contributed by atoms with Crippen molar-refractivity contribution in [3.8, 4) is 0 Å². The van der Waals surface area contributed by atoms with E-state index in [4.69, 9.17) is 0 Å². The number of benzene rings is 2. The van der Waals surface area contributed by atoms with E-state index in [1.807, 2.05) is 0 Å². The second-order valence-corrected chi connectivity index (χ2v) is 5.61. The van der Waals surface area contributed by atoms with Gasteiger partial charge in [0.1, 0.15) is 5.82 Å². The van der Waals surface area contributed by atoms with Gasteiger partial charge in [0.25, 0.3) is 0 Å². The lowest BCUT2D eigenvalue weighted by Crippen LogP contribution is -2.39. The summed E-state index contributed by atoms with van der Waals surface area (Å²) in [5.41, 5.74) is 0.498. The fourth-order valence-electron chi connectivity index (χ4n) is 2.62. The Hall–Kier alpha value is -3.03. The van der Waals surface area contributed by atoms with Gasteiger partial charge in [-0.05, 0) is 30.3 Å². The molecule has 1 aliphatic rings. The van der Waals surface area contributed by atoms with Crippen LogP contribution in [0.4, 0.5) is 29.3 Å². The maximum atomic E-state index is 13.3. The molecule has 0 aromatic heterocycles. The molecule has 2 aromatic carbocycles. The molecule has 0 saturated carbocycles. The van der Waals surface area contributed by atoms with Gasteiger partial charge in [-0.1, -0.05) is 6.07 Å². The molecule has 1 aliphatic heterocycles. The average molecular weight is 349 g/mol. The van der Waals surface area contributed by atoms with Crippen LogP contribution in [0.5, 0.6) is 0 Å². The number of amides is 3. The molecule has 25 heavy (non-hydrogen) atoms. The first-order chi connectivity index (χ1) is 11.9. The Labute approximate surface area is 141 Å². The van der Waals surface area contributed by atoms with Gasteiger partial charge in [0, 0.05) is 30.4 Å². The standard InChI is InChI=1S/C17H14F3N3O2/c18-10-2-1-3-13(6-10)23-9-12(8-16(23)24)22-17(25)21-11-4-5-14(19)15(20)7-11/h1-7,12H,8-9H2,(H2,21,22,25)/t12-/m1/s1. The van der Waals surface area contributed by atoms with E-state index in [0.29, 0.717) is 5.69 Å². The number of carbonyl (C=O) groups excluding carboxylic acids is 2. The number of urea groups is 1. The van der Waals surface area contributed by atoms with E-state index < -0.39 is 29.5 Å². The molecule has 0 spiro atoms. The number of hydrogen-bond acceptors (Lipinski definition) is 2. The van der Waals surface area contributed by atoms with Crippen LogP contribution in [0.15, 0.2) is 42.5 Å². The minimum Gasteiger partial charge on any atom is -0.333 e. The maximum absolute atomic E-state index is 13.3. The molecule has 0 aliphatic carbocycles. The zero-order chi connectivity index (χ0) is 18.0. The average Bonchev–Trinajstić information content (AvgIpc) is 2.91. The zero-order valence-electron chi connectivity index (χ0n) is 12.9. The summed E-state index contributed by atoms with van der Waals surface area (Å²) in [5.74, 6) is -2.80. The highest BCUT2D eigenvalue weighted by atomic mass is 19.2. The summed E-state index contributed by atoms with van der Waals surface area (Å²) in [5, 5.41) is 4.95. The van der Waals surface area contributed by atoms with E-state index in [9.17, 15) is 22.8 Å². The molecule has 5 nitrogen and oxygen atoms in total. The molecule has 1 atom stereocenters. The van der Waals surface area contributed by atoms with E-state index in [1.54, 1.807) is 6.07 Å². The Bertz CT molecular complexity index is 829. The maximum Gasteiger partial charge on any atom is 0.319 e. The first-order valence-electron chi connectivity index (χ1n) is 7.51. The summed E-state index contributed by atoms with van der Waals surface area (Å²) in [6.45, 7) is 0.188. The molecule has 0 unspecified atom stereocenters. The summed E-state index contributed by atoms with van der Waals surface area (Å²) in [7, 11) is 0. The first kappa shape index (κ1) is 16.8. The van der Waals surface area contributed by atoms with Crippen LogP contribution < -0.4 is 15.5 Å². The molecular weight excluding hydrogens is 335 g/mol. The lowest BCUT2D eigenvalue weighted by molar-refractivity contribution is -0.117. The number of anilines is 2. The number of hydrogen-bond donors (Lipinski definition) is 2. The van der Waals surface area contributed by atoms with E-state index in [1.165, 1.54) is 29.2 Å². The molecule has 3 amide bonds. The second kappa shape index (κ2) is 6.84. The Morgan fingerprint density at radius 2 is 1.88 bits per heavy atom. The second-order valence-electron chi connectivity index (χ2n) is 5.61. The van der Waals surface area contributed by atoms with E-state index in [2.05, 4.69) is 10.6 Å². The highest BCUT2D eigenvalue weighted by molar-refractivity contribution is 5.97. The largest absolute Gasteiger partial charge is 0.333 e. The van der Waals surface area contributed by atoms with Crippen molar-refractivity contribution in [3.63, 3.8) is 0 Å². The van der Waals surface area contributed by atoms with Crippen LogP contribution in [0.2, 0.25) is 0 Å². The highest BCUT2D eigenvalue weighted by Gasteiger charge is 2.31. The van der Waals surface area contributed by atoms with Gasteiger partial charge in [-0.25, -0.2) is 18.0 Å². The van der Waals surface area contributed by atoms with Crippen LogP contribution in [-0.4, -0.2) is 24.5 Å². The van der Waals surface area contributed by atoms with Crippen molar-refractivity contribution in [2.24, 2.45) is 0 Å². The number of halogens is 3. The van der Waals surface area contributed by atoms with Gasteiger partial charge in [0.2, 0.25) is 5.91 Å². The normalized spacial score (nSPS) is 16.8. The SMILES string of the molecule is O=C(Nc1ccc(F)c(F)c1)N[C@@H]1CC(=O)N(c2cccc(F)c2)C1. The van der Waals surface area contributed by atoms with Crippen LogP contribution >= 0.6 is 0 Å². The van der Waals surface area contributed by atoms with Gasteiger partial charge < -0.3 is 15.5 Å². The van der Waals surface area contributed by atoms with Crippen LogP contribution in [-0.2, 0) is 4.79 Å². The molecule has 130 valence electrons. The summed E-state index contributed by atoms with van der Waals surface area (Å²) >= 11 is 0. The molecule has 1 fully saturated rings. The van der Waals surface area contributed by atoms with Crippen LogP contribution in [0, 0.1) is 17.5 Å². The van der Waals surface area contributed by atoms with Crippen LogP contribution in [0.3, 0.4) is 0 Å². The fourth-order valence-corrected chi connectivity index (χ4v) is 2.62. The van der Waals surface area contributed by atoms with Crippen molar-refractivity contribution >= 4 is 23.3 Å². The quantitative estimate of drug-likeness (QED) is 0.895. The summed E-state index contributed by atoms with van der Waals surface area (Å²) in [4.78, 5) is 25.4. The lowest BCUT2D eigenvalue weighted by Gasteiger charge is -2.17. The molecular formula is C17H14F3N3O2. The summed E-state index contributed by atoms with van der Waals surface area (Å²) in [6, 6.07) is 7.45. The highest BCUT2D eigenvalue weighted by Crippen LogP contribution is 2.22. The monoisotopic (exact) mass is 349 g/mol. The molecule has 1 heterocycles. The fraction of sp³-hybridized carbons (Fsp3) is 0.176. The van der Waals surface area contributed by atoms with Crippen molar-refractivity contribution in [2.45, 2.75) is 12.5 Å². The molecule has 1 saturated heterocycles. The molecule has 2 aromatic rings. The molecule has 8 heteroatoms. The molecule has 0 radical (unpaired) electrons. The number of nitrogens with zero attached hydrogens (tertiary/aromatic N) is 1. The van der Waals surface area contributed by atoms with Gasteiger partial charge >= 0.3 is 6.03 Å². The topological polar surface area (TPSA) is 61.4 Å². The van der Waals surface area contributed by atoms with Gasteiger partial charge in [0.05, 0.1) is 6.04 Å². The van der Waals surface area contributed by atoms with Crippen molar-refractivity contribution in [3.05, 3.63) is 59.9 Å². The van der Waals surface area contributed by atoms with Gasteiger partial charge in [0.15, 0.2) is 11.6 Å². The predicted octanol–water partition coefficient (Wildman–Crippen LogP) is 3.03. The van der Waals surface area contributed by atoms with E-state index in [0.717, 1.165) is 12.1 Å². The van der Waals surface area contributed by atoms with E-state index >= 15 is 0 Å². The molecule has 3 rings (SSSR count). The number of carbonyl (C=O) groups is 2.